The normalized spacial score (nSPS) is 18.8. The zero-order valence-corrected chi connectivity index (χ0v) is 19.4. The van der Waals surface area contributed by atoms with Gasteiger partial charge in [0.25, 0.3) is 9.70 Å². The van der Waals surface area contributed by atoms with Gasteiger partial charge >= 0.3 is 0 Å². The van der Waals surface area contributed by atoms with Crippen LogP contribution in [-0.4, -0.2) is 93.9 Å². The third kappa shape index (κ3) is 6.65. The maximum absolute atomic E-state index is 12.0. The lowest BCUT2D eigenvalue weighted by atomic mass is 9.66. The molecule has 5 atom stereocenters. The zero-order valence-electron chi connectivity index (χ0n) is 17.1. The predicted octanol–water partition coefficient (Wildman–Crippen LogP) is -3.20. The summed E-state index contributed by atoms with van der Waals surface area (Å²) in [6.07, 6.45) is -5.83. The van der Waals surface area contributed by atoms with Gasteiger partial charge in [-0.05, 0) is 20.8 Å². The molecule has 0 saturated heterocycles. The van der Waals surface area contributed by atoms with Crippen molar-refractivity contribution in [2.45, 2.75) is 60.6 Å². The van der Waals surface area contributed by atoms with E-state index in [1.807, 2.05) is 0 Å². The summed E-state index contributed by atoms with van der Waals surface area (Å²) in [6.45, 7) is 2.64. The first kappa shape index (κ1) is 32.5. The van der Waals surface area contributed by atoms with Crippen molar-refractivity contribution < 1.29 is 54.3 Å². The molecule has 0 aromatic rings. The van der Waals surface area contributed by atoms with Gasteiger partial charge in [0, 0.05) is 6.92 Å². The maximum atomic E-state index is 12.0. The SMILES string of the molecule is CC(=O)N[C@](O)(C=O)[C@](O)(C(C)=O)[C@@](O)(C(C)=O)[C@H](O)C(O)C(C)=O.NC(=O)C(Cl)(Cl)Cl. The Hall–Kier alpha value is -1.71. The van der Waals surface area contributed by atoms with Gasteiger partial charge in [0.2, 0.25) is 17.2 Å². The van der Waals surface area contributed by atoms with Gasteiger partial charge in [0.1, 0.15) is 12.2 Å². The van der Waals surface area contributed by atoms with Crippen LogP contribution in [-0.2, 0) is 28.8 Å². The molecule has 0 aliphatic carbocycles. The highest BCUT2D eigenvalue weighted by molar-refractivity contribution is 6.76. The van der Waals surface area contributed by atoms with Crippen LogP contribution in [0.2, 0.25) is 0 Å². The lowest BCUT2D eigenvalue weighted by Gasteiger charge is -2.49. The maximum Gasteiger partial charge on any atom is 0.269 e. The number of alkyl halides is 3. The Kier molecular flexibility index (Phi) is 11.6. The summed E-state index contributed by atoms with van der Waals surface area (Å²) in [6, 6.07) is 0. The molecular weight excluding hydrogens is 503 g/mol. The number of carbonyl (C=O) groups is 6. The number of rotatable bonds is 9. The van der Waals surface area contributed by atoms with Crippen molar-refractivity contribution in [3.63, 3.8) is 0 Å². The molecule has 0 rings (SSSR count). The molecule has 1 unspecified atom stereocenters. The molecule has 32 heavy (non-hydrogen) atoms. The number of ketones is 3. The van der Waals surface area contributed by atoms with Gasteiger partial charge in [0.15, 0.2) is 29.2 Å². The first-order valence-electron chi connectivity index (χ1n) is 8.25. The van der Waals surface area contributed by atoms with Crippen LogP contribution in [0.15, 0.2) is 0 Å². The first-order valence-corrected chi connectivity index (χ1v) is 9.38. The molecule has 0 aromatic heterocycles. The Morgan fingerprint density at radius 2 is 1.28 bits per heavy atom. The molecular formula is C16H23Cl3N2O11. The monoisotopic (exact) mass is 524 g/mol. The van der Waals surface area contributed by atoms with Crippen LogP contribution in [0.4, 0.5) is 0 Å². The molecule has 0 saturated carbocycles. The van der Waals surface area contributed by atoms with E-state index >= 15 is 0 Å². The van der Waals surface area contributed by atoms with Gasteiger partial charge in [-0.25, -0.2) is 0 Å². The average Bonchev–Trinajstić information content (AvgIpc) is 2.63. The second-order valence-corrected chi connectivity index (χ2v) is 8.80. The van der Waals surface area contributed by atoms with E-state index in [2.05, 4.69) is 5.73 Å². The van der Waals surface area contributed by atoms with E-state index in [0.717, 1.165) is 13.8 Å². The molecule has 0 fully saturated rings. The fourth-order valence-corrected chi connectivity index (χ4v) is 2.43. The topological polar surface area (TPSA) is 242 Å². The Morgan fingerprint density at radius 3 is 1.47 bits per heavy atom. The van der Waals surface area contributed by atoms with Gasteiger partial charge < -0.3 is 36.6 Å². The van der Waals surface area contributed by atoms with Crippen LogP contribution in [0, 0.1) is 0 Å². The number of nitrogens with two attached hydrogens (primary N) is 1. The van der Waals surface area contributed by atoms with E-state index in [1.54, 1.807) is 0 Å². The van der Waals surface area contributed by atoms with Crippen molar-refractivity contribution in [3.05, 3.63) is 0 Å². The fraction of sp³-hybridized carbons (Fsp3) is 0.625. The Morgan fingerprint density at radius 1 is 0.906 bits per heavy atom. The number of amides is 2. The number of aliphatic hydroxyl groups excluding tert-OH is 2. The van der Waals surface area contributed by atoms with E-state index in [0.29, 0.717) is 13.8 Å². The molecule has 0 heterocycles. The summed E-state index contributed by atoms with van der Waals surface area (Å²) in [5.74, 6) is -6.47. The highest BCUT2D eigenvalue weighted by Crippen LogP contribution is 2.37. The molecule has 0 spiro atoms. The van der Waals surface area contributed by atoms with Gasteiger partial charge in [-0.1, -0.05) is 34.8 Å². The Bertz CT molecular complexity index is 788. The van der Waals surface area contributed by atoms with E-state index < -0.39 is 68.4 Å². The van der Waals surface area contributed by atoms with Gasteiger partial charge in [-0.3, -0.25) is 28.8 Å². The summed E-state index contributed by atoms with van der Waals surface area (Å²) in [5.41, 5.74) is -6.60. The summed E-state index contributed by atoms with van der Waals surface area (Å²) in [7, 11) is 0. The number of aliphatic hydroxyl groups is 5. The smallest absolute Gasteiger partial charge is 0.269 e. The summed E-state index contributed by atoms with van der Waals surface area (Å²) in [4.78, 5) is 67.5. The minimum Gasteiger partial charge on any atom is -0.386 e. The van der Waals surface area contributed by atoms with Crippen LogP contribution in [0.5, 0.6) is 0 Å². The standard InChI is InChI=1S/C14H21NO10.C2H2Cl3NO/c1-6(17)10(21)11(22)13(24,7(2)18)14(25,8(3)19)12(23,5-16)15-9(4)20;3-2(4,5)1(6)7/h5,10-11,21-25H,1-4H3,(H,15,20);(H2,6,7)/t10?,11-,12+,13-,14-;/m1./s1. The zero-order chi connectivity index (χ0) is 26.5. The number of hydrogen-bond donors (Lipinski definition) is 7. The van der Waals surface area contributed by atoms with Crippen molar-refractivity contribution in [2.24, 2.45) is 5.73 Å². The van der Waals surface area contributed by atoms with Crippen LogP contribution < -0.4 is 11.1 Å². The number of carbonyl (C=O) groups excluding carboxylic acids is 6. The van der Waals surface area contributed by atoms with Crippen molar-refractivity contribution in [2.75, 3.05) is 0 Å². The van der Waals surface area contributed by atoms with E-state index in [4.69, 9.17) is 34.8 Å². The van der Waals surface area contributed by atoms with Crippen molar-refractivity contribution in [3.8, 4) is 0 Å². The van der Waals surface area contributed by atoms with Crippen molar-refractivity contribution >= 4 is 70.3 Å². The van der Waals surface area contributed by atoms with Gasteiger partial charge in [-0.2, -0.15) is 0 Å². The number of aldehydes is 1. The molecule has 16 heteroatoms. The number of primary amides is 1. The minimum absolute atomic E-state index is 0.539. The molecule has 0 bridgehead atoms. The van der Waals surface area contributed by atoms with E-state index in [9.17, 15) is 54.3 Å². The second kappa shape index (κ2) is 11.4. The Balaban J connectivity index is 0. The molecule has 0 aliphatic heterocycles. The lowest BCUT2D eigenvalue weighted by molar-refractivity contribution is -0.257. The first-order chi connectivity index (χ1) is 14.1. The number of halogens is 3. The fourth-order valence-electron chi connectivity index (χ4n) is 2.43. The number of hydrogen-bond acceptors (Lipinski definition) is 11. The molecule has 13 nitrogen and oxygen atoms in total. The summed E-state index contributed by atoms with van der Waals surface area (Å²) in [5, 5.41) is 52.7. The third-order valence-corrected chi connectivity index (χ3v) is 4.67. The summed E-state index contributed by atoms with van der Waals surface area (Å²) >= 11 is 14.8. The highest BCUT2D eigenvalue weighted by atomic mass is 35.6. The quantitative estimate of drug-likeness (QED) is 0.0897. The largest absolute Gasteiger partial charge is 0.386 e. The molecule has 184 valence electrons. The molecule has 0 aromatic carbocycles. The third-order valence-electron chi connectivity index (χ3n) is 4.11. The van der Waals surface area contributed by atoms with Crippen LogP contribution in [0.1, 0.15) is 27.7 Å². The molecule has 0 aliphatic rings. The predicted molar refractivity (Wildman–Crippen MR) is 108 cm³/mol. The second-order valence-electron chi connectivity index (χ2n) is 6.52. The number of nitrogens with one attached hydrogen (secondary N) is 1. The Labute approximate surface area is 196 Å². The van der Waals surface area contributed by atoms with Crippen LogP contribution in [0.25, 0.3) is 0 Å². The van der Waals surface area contributed by atoms with E-state index in [1.165, 1.54) is 5.32 Å². The molecule has 2 amide bonds. The molecule has 0 radical (unpaired) electrons. The van der Waals surface area contributed by atoms with Crippen LogP contribution in [0.3, 0.4) is 0 Å². The molecule has 8 N–H and O–H groups in total. The van der Waals surface area contributed by atoms with Crippen LogP contribution >= 0.6 is 34.8 Å². The van der Waals surface area contributed by atoms with Crippen molar-refractivity contribution in [1.29, 1.82) is 0 Å². The van der Waals surface area contributed by atoms with Gasteiger partial charge in [0.05, 0.1) is 0 Å². The number of Topliss-reactive ketones (excluding diaryl/α,β-unsaturated/α-hetero) is 3. The minimum atomic E-state index is -3.84. The highest BCUT2D eigenvalue weighted by Gasteiger charge is 2.72. The van der Waals surface area contributed by atoms with Gasteiger partial charge in [-0.15, -0.1) is 0 Å². The van der Waals surface area contributed by atoms with Crippen molar-refractivity contribution in [1.82, 2.24) is 5.32 Å². The lowest BCUT2D eigenvalue weighted by Crippen LogP contribution is -2.82. The van der Waals surface area contributed by atoms with E-state index in [-0.39, 0.29) is 0 Å². The summed E-state index contributed by atoms with van der Waals surface area (Å²) < 4.78 is -1.94. The average molecular weight is 526 g/mol.